The van der Waals surface area contributed by atoms with Gasteiger partial charge in [0.05, 0.1) is 18.1 Å². The van der Waals surface area contributed by atoms with Crippen LogP contribution in [-0.4, -0.2) is 124 Å². The first-order chi connectivity index (χ1) is 18.3. The van der Waals surface area contributed by atoms with Gasteiger partial charge in [0.25, 0.3) is 0 Å². The van der Waals surface area contributed by atoms with E-state index in [9.17, 15) is 53.4 Å². The van der Waals surface area contributed by atoms with Gasteiger partial charge in [0.15, 0.2) is 12.0 Å². The zero-order valence-electron chi connectivity index (χ0n) is 21.1. The average Bonchev–Trinajstić information content (AvgIpc) is 2.86. The minimum Gasteiger partial charge on any atom is -0.726 e. The molecule has 2 aliphatic rings. The fraction of sp³-hybridized carbons (Fsp3) is 0.650. The number of benzene rings is 1. The molecule has 18 nitrogen and oxygen atoms in total. The van der Waals surface area contributed by atoms with E-state index in [0.717, 1.165) is 13.0 Å². The van der Waals surface area contributed by atoms with E-state index in [2.05, 4.69) is 9.50 Å². The largest absolute Gasteiger partial charge is 1.00 e. The Bertz CT molecular complexity index is 1130. The molecule has 2 heterocycles. The molecule has 0 radical (unpaired) electrons. The topological polar surface area (TPSA) is 277 Å². The summed E-state index contributed by atoms with van der Waals surface area (Å²) in [6.45, 7) is -0.742. The predicted octanol–water partition coefficient (Wildman–Crippen LogP) is -6.77. The van der Waals surface area contributed by atoms with Crippen molar-refractivity contribution in [3.8, 4) is 5.75 Å². The van der Waals surface area contributed by atoms with E-state index in [1.165, 1.54) is 18.2 Å². The SMILES string of the molecule is CC(=O)NC1C(Oc2ccccc2[N+](=O)[O-])OC(CO)C(O)C1OC1OC(CO)C(O)C(OS(=O)(=O)[O-])C1O.[Na+]. The molecule has 1 amide bonds. The number of aliphatic hydroxyl groups is 5. The van der Waals surface area contributed by atoms with Crippen molar-refractivity contribution in [1.82, 2.24) is 5.32 Å². The van der Waals surface area contributed by atoms with Crippen LogP contribution in [0.4, 0.5) is 5.69 Å². The molecule has 220 valence electrons. The number of hydrogen-bond acceptors (Lipinski definition) is 16. The number of carbonyl (C=O) groups is 1. The zero-order valence-corrected chi connectivity index (χ0v) is 23.9. The van der Waals surface area contributed by atoms with Crippen LogP contribution in [0.3, 0.4) is 0 Å². The van der Waals surface area contributed by atoms with E-state index in [4.69, 9.17) is 18.9 Å². The van der Waals surface area contributed by atoms with Crippen LogP contribution in [0.25, 0.3) is 0 Å². The molecule has 1 aromatic rings. The Kier molecular flexibility index (Phi) is 12.6. The van der Waals surface area contributed by atoms with Crippen LogP contribution in [0.15, 0.2) is 24.3 Å². The number of ether oxygens (including phenoxy) is 4. The molecule has 10 unspecified atom stereocenters. The second kappa shape index (κ2) is 14.6. The van der Waals surface area contributed by atoms with Gasteiger partial charge in [-0.2, -0.15) is 0 Å². The third-order valence-corrected chi connectivity index (χ3v) is 6.33. The van der Waals surface area contributed by atoms with Crippen molar-refractivity contribution in [2.24, 2.45) is 0 Å². The number of nitrogens with zero attached hydrogens (tertiary/aromatic N) is 1. The fourth-order valence-corrected chi connectivity index (χ4v) is 4.62. The molecule has 2 aliphatic heterocycles. The van der Waals surface area contributed by atoms with Crippen molar-refractivity contribution in [1.29, 1.82) is 0 Å². The minimum atomic E-state index is -5.48. The van der Waals surface area contributed by atoms with E-state index in [-0.39, 0.29) is 35.3 Å². The van der Waals surface area contributed by atoms with Crippen LogP contribution in [0.5, 0.6) is 5.75 Å². The van der Waals surface area contributed by atoms with E-state index in [0.29, 0.717) is 0 Å². The Morgan fingerprint density at radius 3 is 2.10 bits per heavy atom. The quantitative estimate of drug-likeness (QED) is 0.0474. The summed E-state index contributed by atoms with van der Waals surface area (Å²) in [6.07, 6.45) is -16.7. The molecule has 3 rings (SSSR count). The average molecular weight is 606 g/mol. The Morgan fingerprint density at radius 2 is 1.57 bits per heavy atom. The fourth-order valence-electron chi connectivity index (χ4n) is 4.12. The molecule has 0 aliphatic carbocycles. The summed E-state index contributed by atoms with van der Waals surface area (Å²) in [4.78, 5) is 22.7. The second-order valence-corrected chi connectivity index (χ2v) is 9.57. The molecule has 40 heavy (non-hydrogen) atoms. The number of amides is 1. The van der Waals surface area contributed by atoms with Crippen molar-refractivity contribution < 1.29 is 101 Å². The van der Waals surface area contributed by atoms with Crippen LogP contribution >= 0.6 is 0 Å². The van der Waals surface area contributed by atoms with Gasteiger partial charge in [-0.05, 0) is 6.07 Å². The smallest absolute Gasteiger partial charge is 0.726 e. The van der Waals surface area contributed by atoms with E-state index >= 15 is 0 Å². The predicted molar refractivity (Wildman–Crippen MR) is 120 cm³/mol. The standard InChI is InChI=1S/C20H28N2O16S.Na/c1-8(25)21-13-17(37-20-16(28)18(38-39(31,32)33)15(27)12(7-24)36-20)14(26)11(6-23)35-19(13)34-10-5-3-2-4-9(10)22(29)30;/h2-5,11-20,23-24,26-28H,6-7H2,1H3,(H,21,25)(H,31,32,33);/q;+1/p-1. The van der Waals surface area contributed by atoms with Gasteiger partial charge in [0.2, 0.25) is 22.6 Å². The van der Waals surface area contributed by atoms with Gasteiger partial charge in [0.1, 0.15) is 48.8 Å². The number of hydrogen-bond donors (Lipinski definition) is 6. The summed E-state index contributed by atoms with van der Waals surface area (Å²) in [5.74, 6) is -1.04. The number of aliphatic hydroxyl groups excluding tert-OH is 5. The maximum Gasteiger partial charge on any atom is 1.00 e. The molecule has 20 heteroatoms. The van der Waals surface area contributed by atoms with Gasteiger partial charge < -0.3 is 54.3 Å². The number of para-hydroxylation sites is 2. The molecule has 0 aromatic heterocycles. The van der Waals surface area contributed by atoms with Crippen molar-refractivity contribution in [2.75, 3.05) is 13.2 Å². The number of carbonyl (C=O) groups excluding carboxylic acids is 1. The summed E-state index contributed by atoms with van der Waals surface area (Å²) >= 11 is 0. The molecule has 0 saturated carbocycles. The van der Waals surface area contributed by atoms with E-state index < -0.39 is 101 Å². The number of rotatable bonds is 10. The van der Waals surface area contributed by atoms with Crippen LogP contribution in [0.1, 0.15) is 6.92 Å². The van der Waals surface area contributed by atoms with Gasteiger partial charge in [-0.1, -0.05) is 12.1 Å². The molecular weight excluding hydrogens is 579 g/mol. The normalized spacial score (nSPS) is 34.4. The second-order valence-electron chi connectivity index (χ2n) is 8.56. The van der Waals surface area contributed by atoms with Gasteiger partial charge in [-0.15, -0.1) is 0 Å². The summed E-state index contributed by atoms with van der Waals surface area (Å²) < 4.78 is 59.7. The summed E-state index contributed by atoms with van der Waals surface area (Å²) in [6, 6.07) is 3.58. The number of nitro benzene ring substituents is 1. The first-order valence-electron chi connectivity index (χ1n) is 11.3. The maximum atomic E-state index is 12.0. The van der Waals surface area contributed by atoms with Crippen LogP contribution < -0.4 is 39.6 Å². The zero-order chi connectivity index (χ0) is 29.1. The van der Waals surface area contributed by atoms with Crippen LogP contribution in [0.2, 0.25) is 0 Å². The van der Waals surface area contributed by atoms with Gasteiger partial charge in [-0.25, -0.2) is 8.42 Å². The molecular formula is C20H27N2NaO16S. The number of nitrogens with one attached hydrogen (secondary N) is 1. The first kappa shape index (κ1) is 34.6. The van der Waals surface area contributed by atoms with Crippen molar-refractivity contribution in [2.45, 2.75) is 68.3 Å². The third-order valence-electron chi connectivity index (χ3n) is 5.87. The monoisotopic (exact) mass is 606 g/mol. The Morgan fingerprint density at radius 1 is 1.02 bits per heavy atom. The van der Waals surface area contributed by atoms with Gasteiger partial charge in [-0.3, -0.25) is 19.1 Å². The molecule has 0 spiro atoms. The molecule has 10 atom stereocenters. The molecule has 0 bridgehead atoms. The molecule has 2 fully saturated rings. The molecule has 1 aromatic carbocycles. The summed E-state index contributed by atoms with van der Waals surface area (Å²) in [5.41, 5.74) is -0.489. The Labute approximate surface area is 249 Å². The van der Waals surface area contributed by atoms with Crippen molar-refractivity contribution in [3.05, 3.63) is 34.4 Å². The minimum absolute atomic E-state index is 0. The Hall–Kier alpha value is -1.56. The molecule has 2 saturated heterocycles. The van der Waals surface area contributed by atoms with Crippen LogP contribution in [0, 0.1) is 10.1 Å². The van der Waals surface area contributed by atoms with Gasteiger partial charge in [0, 0.05) is 13.0 Å². The number of nitro groups is 1. The third kappa shape index (κ3) is 8.26. The van der Waals surface area contributed by atoms with E-state index in [1.807, 2.05) is 0 Å². The summed E-state index contributed by atoms with van der Waals surface area (Å²) in [5, 5.41) is 64.7. The summed E-state index contributed by atoms with van der Waals surface area (Å²) in [7, 11) is -5.48. The molecule has 6 N–H and O–H groups in total. The van der Waals surface area contributed by atoms with Crippen molar-refractivity contribution >= 4 is 22.0 Å². The first-order valence-corrected chi connectivity index (χ1v) is 12.6. The van der Waals surface area contributed by atoms with E-state index in [1.54, 1.807) is 0 Å². The van der Waals surface area contributed by atoms with Crippen LogP contribution in [-0.2, 0) is 33.6 Å². The maximum absolute atomic E-state index is 12.0. The van der Waals surface area contributed by atoms with Crippen molar-refractivity contribution in [3.63, 3.8) is 0 Å². The Balaban J connectivity index is 0.00000560. The van der Waals surface area contributed by atoms with Gasteiger partial charge >= 0.3 is 35.2 Å².